The van der Waals surface area contributed by atoms with Gasteiger partial charge in [0.25, 0.3) is 0 Å². The molecule has 0 heterocycles. The Morgan fingerprint density at radius 1 is 0.864 bits per heavy atom. The minimum atomic E-state index is -1.48. The molecule has 2 rings (SSSR count). The SMILES string of the molecule is CCC(C)C(NC(=O)C(CCc1ccc(O)cc1)NC(=O)C(O)Cc1ccc(O)cc1)C(=O)NC(C=O)CCCN=C(N)N. The van der Waals surface area contributed by atoms with Gasteiger partial charge in [-0.25, -0.2) is 0 Å². The van der Waals surface area contributed by atoms with E-state index in [-0.39, 0.29) is 49.2 Å². The summed E-state index contributed by atoms with van der Waals surface area (Å²) in [5.74, 6) is -2.23. The van der Waals surface area contributed by atoms with E-state index < -0.39 is 42.0 Å². The summed E-state index contributed by atoms with van der Waals surface area (Å²) >= 11 is 0. The second-order valence-corrected chi connectivity index (χ2v) is 10.7. The van der Waals surface area contributed by atoms with Gasteiger partial charge in [-0.2, -0.15) is 0 Å². The lowest BCUT2D eigenvalue weighted by Crippen LogP contribution is -2.58. The van der Waals surface area contributed by atoms with Crippen LogP contribution in [0, 0.1) is 5.92 Å². The second-order valence-electron chi connectivity index (χ2n) is 10.7. The quantitative estimate of drug-likeness (QED) is 0.0503. The maximum atomic E-state index is 13.6. The van der Waals surface area contributed by atoms with E-state index in [9.17, 15) is 34.5 Å². The number of hydrogen-bond acceptors (Lipinski definition) is 8. The lowest BCUT2D eigenvalue weighted by molar-refractivity contribution is -0.136. The Kier molecular flexibility index (Phi) is 14.6. The molecule has 0 saturated heterocycles. The van der Waals surface area contributed by atoms with Crippen molar-refractivity contribution in [2.45, 2.75) is 76.6 Å². The summed E-state index contributed by atoms with van der Waals surface area (Å²) in [4.78, 5) is 55.3. The molecule has 0 aromatic heterocycles. The van der Waals surface area contributed by atoms with Crippen molar-refractivity contribution in [3.8, 4) is 11.5 Å². The van der Waals surface area contributed by atoms with Crippen molar-refractivity contribution in [1.82, 2.24) is 16.0 Å². The van der Waals surface area contributed by atoms with Crippen molar-refractivity contribution in [2.75, 3.05) is 6.54 Å². The van der Waals surface area contributed by atoms with E-state index in [0.29, 0.717) is 31.1 Å². The zero-order valence-corrected chi connectivity index (χ0v) is 25.1. The van der Waals surface area contributed by atoms with Gasteiger partial charge in [0, 0.05) is 13.0 Å². The molecule has 2 aromatic carbocycles. The van der Waals surface area contributed by atoms with Crippen LogP contribution in [-0.4, -0.2) is 76.1 Å². The van der Waals surface area contributed by atoms with Crippen LogP contribution in [-0.2, 0) is 32.0 Å². The van der Waals surface area contributed by atoms with Crippen molar-refractivity contribution < 1.29 is 34.5 Å². The molecule has 0 spiro atoms. The number of aryl methyl sites for hydroxylation is 1. The summed E-state index contributed by atoms with van der Waals surface area (Å²) in [6, 6.07) is 9.47. The van der Waals surface area contributed by atoms with Crippen molar-refractivity contribution in [3.05, 3.63) is 59.7 Å². The molecule has 13 heteroatoms. The largest absolute Gasteiger partial charge is 0.508 e. The number of rotatable bonds is 18. The highest BCUT2D eigenvalue weighted by Crippen LogP contribution is 2.15. The molecule has 0 bridgehead atoms. The second kappa shape index (κ2) is 18.1. The number of benzene rings is 2. The standard InChI is InChI=1S/C31H44N6O7/c1-3-19(2)27(30(44)35-22(18-38)5-4-16-34-31(32)33)37-28(42)25(15-10-20-6-11-23(39)12-7-20)36-29(43)26(41)17-21-8-13-24(40)14-9-21/h6-9,11-14,18-19,22,25-27,39-41H,3-5,10,15-17H2,1-2H3,(H,35,44)(H,36,43)(H,37,42)(H4,32,33,34). The van der Waals surface area contributed by atoms with Gasteiger partial charge in [0.15, 0.2) is 5.96 Å². The van der Waals surface area contributed by atoms with E-state index in [1.807, 2.05) is 6.92 Å². The Hall–Kier alpha value is -4.65. The lowest BCUT2D eigenvalue weighted by Gasteiger charge is -2.28. The minimum absolute atomic E-state index is 0.0453. The molecule has 0 fully saturated rings. The molecule has 0 radical (unpaired) electrons. The van der Waals surface area contributed by atoms with Crippen LogP contribution in [0.5, 0.6) is 11.5 Å². The number of nitrogens with one attached hydrogen (secondary N) is 3. The Labute approximate surface area is 257 Å². The molecule has 0 aliphatic heterocycles. The normalized spacial score (nSPS) is 14.2. The number of nitrogens with zero attached hydrogens (tertiary/aromatic N) is 1. The average molecular weight is 613 g/mol. The number of aliphatic hydroxyl groups is 1. The van der Waals surface area contributed by atoms with Crippen LogP contribution in [0.3, 0.4) is 0 Å². The van der Waals surface area contributed by atoms with Gasteiger partial charge in [0.2, 0.25) is 17.7 Å². The summed E-state index contributed by atoms with van der Waals surface area (Å²) in [5.41, 5.74) is 12.0. The number of carbonyl (C=O) groups excluding carboxylic acids is 4. The third-order valence-corrected chi connectivity index (χ3v) is 7.21. The third kappa shape index (κ3) is 12.3. The Balaban J connectivity index is 2.17. The van der Waals surface area contributed by atoms with Gasteiger partial charge in [0.05, 0.1) is 6.04 Å². The molecule has 3 amide bonds. The lowest BCUT2D eigenvalue weighted by atomic mass is 9.96. The number of phenolic OH excluding ortho intramolecular Hbond substituents is 2. The number of aliphatic imine (C=N–C) groups is 1. The summed E-state index contributed by atoms with van der Waals surface area (Å²) in [5, 5.41) is 37.7. The van der Waals surface area contributed by atoms with Crippen molar-refractivity contribution in [1.29, 1.82) is 0 Å². The molecule has 44 heavy (non-hydrogen) atoms. The van der Waals surface area contributed by atoms with Crippen LogP contribution in [0.2, 0.25) is 0 Å². The number of aromatic hydroxyl groups is 2. The van der Waals surface area contributed by atoms with Gasteiger partial charge in [-0.05, 0) is 67.0 Å². The number of aliphatic hydroxyl groups excluding tert-OH is 1. The van der Waals surface area contributed by atoms with Crippen LogP contribution < -0.4 is 27.4 Å². The maximum absolute atomic E-state index is 13.6. The van der Waals surface area contributed by atoms with Gasteiger partial charge in [0.1, 0.15) is 36.0 Å². The number of guanidine groups is 1. The number of hydrogen-bond donors (Lipinski definition) is 8. The number of carbonyl (C=O) groups is 4. The van der Waals surface area contributed by atoms with E-state index in [1.54, 1.807) is 31.2 Å². The van der Waals surface area contributed by atoms with E-state index in [1.165, 1.54) is 24.3 Å². The molecular formula is C31H44N6O7. The first-order valence-electron chi connectivity index (χ1n) is 14.6. The first kappa shape index (κ1) is 35.5. The van der Waals surface area contributed by atoms with E-state index in [2.05, 4.69) is 20.9 Å². The summed E-state index contributed by atoms with van der Waals surface area (Å²) in [6.45, 7) is 3.92. The van der Waals surface area contributed by atoms with Crippen LogP contribution in [0.25, 0.3) is 0 Å². The predicted molar refractivity (Wildman–Crippen MR) is 165 cm³/mol. The summed E-state index contributed by atoms with van der Waals surface area (Å²) < 4.78 is 0. The van der Waals surface area contributed by atoms with Crippen LogP contribution in [0.4, 0.5) is 0 Å². The topological polar surface area (TPSA) is 229 Å². The van der Waals surface area contributed by atoms with Gasteiger partial charge in [-0.3, -0.25) is 19.4 Å². The first-order valence-corrected chi connectivity index (χ1v) is 14.6. The fourth-order valence-electron chi connectivity index (χ4n) is 4.38. The molecule has 5 atom stereocenters. The highest BCUT2D eigenvalue weighted by atomic mass is 16.3. The smallest absolute Gasteiger partial charge is 0.249 e. The van der Waals surface area contributed by atoms with Crippen LogP contribution in [0.15, 0.2) is 53.5 Å². The molecule has 240 valence electrons. The minimum Gasteiger partial charge on any atom is -0.508 e. The zero-order chi connectivity index (χ0) is 32.6. The molecule has 0 aliphatic rings. The summed E-state index contributed by atoms with van der Waals surface area (Å²) in [7, 11) is 0. The maximum Gasteiger partial charge on any atom is 0.249 e. The molecule has 10 N–H and O–H groups in total. The highest BCUT2D eigenvalue weighted by Gasteiger charge is 2.31. The Morgan fingerprint density at radius 2 is 1.45 bits per heavy atom. The molecule has 0 saturated carbocycles. The zero-order valence-electron chi connectivity index (χ0n) is 25.1. The molecule has 0 aliphatic carbocycles. The van der Waals surface area contributed by atoms with Gasteiger partial charge in [-0.15, -0.1) is 0 Å². The number of phenols is 2. The monoisotopic (exact) mass is 612 g/mol. The summed E-state index contributed by atoms with van der Waals surface area (Å²) in [6.07, 6.45) is 0.818. The molecule has 5 unspecified atom stereocenters. The predicted octanol–water partition coefficient (Wildman–Crippen LogP) is 0.387. The molecule has 13 nitrogen and oxygen atoms in total. The third-order valence-electron chi connectivity index (χ3n) is 7.21. The fraction of sp³-hybridized carbons (Fsp3) is 0.452. The van der Waals surface area contributed by atoms with Crippen LogP contribution in [0.1, 0.15) is 50.7 Å². The van der Waals surface area contributed by atoms with E-state index in [4.69, 9.17) is 11.5 Å². The highest BCUT2D eigenvalue weighted by molar-refractivity contribution is 5.93. The number of nitrogens with two attached hydrogens (primary N) is 2. The first-order chi connectivity index (χ1) is 20.9. The molecular weight excluding hydrogens is 568 g/mol. The van der Waals surface area contributed by atoms with E-state index >= 15 is 0 Å². The fourth-order valence-corrected chi connectivity index (χ4v) is 4.38. The van der Waals surface area contributed by atoms with Gasteiger partial charge >= 0.3 is 0 Å². The Bertz CT molecular complexity index is 1250. The van der Waals surface area contributed by atoms with Crippen LogP contribution >= 0.6 is 0 Å². The van der Waals surface area contributed by atoms with E-state index in [0.717, 1.165) is 5.56 Å². The number of aldehydes is 1. The van der Waals surface area contributed by atoms with Gasteiger partial charge in [-0.1, -0.05) is 44.5 Å². The number of amides is 3. The van der Waals surface area contributed by atoms with Crippen molar-refractivity contribution >= 4 is 30.0 Å². The van der Waals surface area contributed by atoms with Gasteiger partial charge < -0.3 is 47.5 Å². The van der Waals surface area contributed by atoms with Crippen molar-refractivity contribution in [3.63, 3.8) is 0 Å². The van der Waals surface area contributed by atoms with Crippen molar-refractivity contribution in [2.24, 2.45) is 22.4 Å². The Morgan fingerprint density at radius 3 is 2.00 bits per heavy atom. The molecule has 2 aromatic rings. The average Bonchev–Trinajstić information content (AvgIpc) is 3.00.